The van der Waals surface area contributed by atoms with Gasteiger partial charge in [-0.1, -0.05) is 0 Å². The molecule has 0 amide bonds. The van der Waals surface area contributed by atoms with E-state index in [0.29, 0.717) is 0 Å². The molecular formula is C5H16INO2Si2. The summed E-state index contributed by atoms with van der Waals surface area (Å²) in [5.41, 5.74) is 0. The monoisotopic (exact) mass is 305 g/mol. The van der Waals surface area contributed by atoms with Gasteiger partial charge in [-0.3, -0.25) is 3.56 Å². The molecular weight excluding hydrogens is 289 g/mol. The van der Waals surface area contributed by atoms with Gasteiger partial charge in [0.15, 0.2) is 0 Å². The second-order valence-corrected chi connectivity index (χ2v) is 19.5. The molecule has 6 heteroatoms. The van der Waals surface area contributed by atoms with Crippen LogP contribution in [0.2, 0.25) is 26.2 Å². The molecule has 0 unspecified atom stereocenters. The minimum absolute atomic E-state index is 0.490. The Morgan fingerprint density at radius 1 is 1.18 bits per heavy atom. The molecule has 1 N–H and O–H groups in total. The fourth-order valence-electron chi connectivity index (χ4n) is 0.645. The van der Waals surface area contributed by atoms with E-state index in [-0.39, 0.29) is 0 Å². The number of halogens is 1. The summed E-state index contributed by atoms with van der Waals surface area (Å²) in [6.45, 7) is 8.25. The van der Waals surface area contributed by atoms with Crippen LogP contribution in [0.25, 0.3) is 0 Å². The zero-order valence-corrected chi connectivity index (χ0v) is 11.9. The molecule has 0 spiro atoms. The van der Waals surface area contributed by atoms with Crippen molar-refractivity contribution in [2.24, 2.45) is 0 Å². The molecule has 0 aromatic carbocycles. The lowest BCUT2D eigenvalue weighted by Gasteiger charge is -2.28. The maximum atomic E-state index is 7.37. The van der Waals surface area contributed by atoms with Crippen molar-refractivity contribution in [3.63, 3.8) is 0 Å². The lowest BCUT2D eigenvalue weighted by atomic mass is 11.8. The highest BCUT2D eigenvalue weighted by Gasteiger charge is 2.33. The third-order valence-electron chi connectivity index (χ3n) is 1.21. The van der Waals surface area contributed by atoms with Gasteiger partial charge < -0.3 is 8.54 Å². The van der Waals surface area contributed by atoms with Gasteiger partial charge in [-0.25, -0.2) is 0 Å². The summed E-state index contributed by atoms with van der Waals surface area (Å²) in [6.07, 6.45) is 0. The predicted octanol–water partition coefficient (Wildman–Crippen LogP) is 2.79. The zero-order valence-electron chi connectivity index (χ0n) is 7.69. The van der Waals surface area contributed by atoms with Gasteiger partial charge in [0, 0.05) is 7.11 Å². The van der Waals surface area contributed by atoms with E-state index < -0.39 is 34.6 Å². The standard InChI is InChI=1S/C5H16INO2Si2/c1-8-11(4,5)9-10(2,3)6-7/h7H,1-5H3. The zero-order chi connectivity index (χ0) is 9.12. The average Bonchev–Trinajstić information content (AvgIpc) is 1.86. The Bertz CT molecular complexity index is 151. The first-order valence-corrected chi connectivity index (χ1v) is 13.3. The second kappa shape index (κ2) is 4.21. The van der Waals surface area contributed by atoms with E-state index >= 15 is 0 Å². The summed E-state index contributed by atoms with van der Waals surface area (Å²) in [6, 6.07) is 0. The molecule has 11 heavy (non-hydrogen) atoms. The lowest BCUT2D eigenvalue weighted by molar-refractivity contribution is 0.316. The molecule has 0 atom stereocenters. The predicted molar refractivity (Wildman–Crippen MR) is 59.8 cm³/mol. The quantitative estimate of drug-likeness (QED) is 0.493. The summed E-state index contributed by atoms with van der Waals surface area (Å²) >= 11 is -0.490. The maximum Gasteiger partial charge on any atom is 0.321 e. The van der Waals surface area contributed by atoms with Crippen LogP contribution in [0.1, 0.15) is 0 Å². The molecule has 0 saturated heterocycles. The van der Waals surface area contributed by atoms with Crippen molar-refractivity contribution in [2.75, 3.05) is 7.11 Å². The van der Waals surface area contributed by atoms with Crippen molar-refractivity contribution < 1.29 is 8.54 Å². The van der Waals surface area contributed by atoms with Crippen LogP contribution < -0.4 is 0 Å². The van der Waals surface area contributed by atoms with Crippen molar-refractivity contribution >= 4 is 34.6 Å². The van der Waals surface area contributed by atoms with Gasteiger partial charge in [0.2, 0.25) is 0 Å². The van der Waals surface area contributed by atoms with Crippen LogP contribution in [0.3, 0.4) is 0 Å². The second-order valence-electron chi connectivity index (χ2n) is 3.16. The smallest absolute Gasteiger partial charge is 0.321 e. The molecule has 0 heterocycles. The maximum absolute atomic E-state index is 7.37. The first-order chi connectivity index (χ1) is 4.83. The van der Waals surface area contributed by atoms with E-state index in [0.717, 1.165) is 0 Å². The molecule has 0 aromatic rings. The molecule has 0 bridgehead atoms. The summed E-state index contributed by atoms with van der Waals surface area (Å²) in [4.78, 5) is 0. The first kappa shape index (κ1) is 11.9. The highest BCUT2D eigenvalue weighted by molar-refractivity contribution is 14.2. The van der Waals surface area contributed by atoms with Gasteiger partial charge in [0.1, 0.15) is 0 Å². The van der Waals surface area contributed by atoms with Gasteiger partial charge in [-0.05, 0) is 46.4 Å². The highest BCUT2D eigenvalue weighted by Crippen LogP contribution is 2.24. The van der Waals surface area contributed by atoms with E-state index in [4.69, 9.17) is 12.1 Å². The lowest BCUT2D eigenvalue weighted by Crippen LogP contribution is -2.42. The molecule has 0 radical (unpaired) electrons. The minimum atomic E-state index is -1.86. The van der Waals surface area contributed by atoms with Crippen LogP contribution in [0, 0.1) is 3.56 Å². The third kappa shape index (κ3) is 5.17. The molecule has 0 fully saturated rings. The van der Waals surface area contributed by atoms with Crippen molar-refractivity contribution in [3.8, 4) is 0 Å². The molecule has 0 aliphatic heterocycles. The van der Waals surface area contributed by atoms with Crippen molar-refractivity contribution in [3.05, 3.63) is 0 Å². The molecule has 0 saturated carbocycles. The first-order valence-electron chi connectivity index (χ1n) is 3.40. The van der Waals surface area contributed by atoms with Crippen LogP contribution in [-0.2, 0) is 8.54 Å². The van der Waals surface area contributed by atoms with Crippen molar-refractivity contribution in [1.29, 1.82) is 3.56 Å². The number of hydrogen-bond donors (Lipinski definition) is 1. The molecule has 0 rings (SSSR count). The molecule has 68 valence electrons. The van der Waals surface area contributed by atoms with E-state index in [1.165, 1.54) is 0 Å². The number of rotatable bonds is 4. The fourth-order valence-corrected chi connectivity index (χ4v) is 11.6. The number of hydrogen-bond acceptors (Lipinski definition) is 3. The number of nitrogens with one attached hydrogen (secondary N) is 1. The van der Waals surface area contributed by atoms with E-state index in [1.807, 2.05) is 13.1 Å². The molecule has 0 aliphatic rings. The normalized spacial score (nSPS) is 13.5. The van der Waals surface area contributed by atoms with Gasteiger partial charge in [-0.15, -0.1) is 0 Å². The Morgan fingerprint density at radius 3 is 1.91 bits per heavy atom. The third-order valence-corrected chi connectivity index (χ3v) is 12.4. The van der Waals surface area contributed by atoms with Crippen molar-refractivity contribution in [2.45, 2.75) is 26.2 Å². The Labute approximate surface area is 79.9 Å². The van der Waals surface area contributed by atoms with E-state index in [2.05, 4.69) is 13.1 Å². The van der Waals surface area contributed by atoms with Crippen LogP contribution in [0.4, 0.5) is 0 Å². The fraction of sp³-hybridized carbons (Fsp3) is 1.00. The van der Waals surface area contributed by atoms with Crippen molar-refractivity contribution in [1.82, 2.24) is 0 Å². The largest absolute Gasteiger partial charge is 0.427 e. The molecule has 3 nitrogen and oxygen atoms in total. The Morgan fingerprint density at radius 2 is 1.64 bits per heavy atom. The van der Waals surface area contributed by atoms with Gasteiger partial charge in [0.05, 0.1) is 0 Å². The SMILES string of the molecule is CO[Si](C)(C)O[Si](C)(C)I=N. The van der Waals surface area contributed by atoms with Gasteiger partial charge in [0.25, 0.3) is 5.81 Å². The van der Waals surface area contributed by atoms with Crippen LogP contribution in [0.5, 0.6) is 0 Å². The Hall–Kier alpha value is 0.884. The van der Waals surface area contributed by atoms with Gasteiger partial charge >= 0.3 is 8.56 Å². The van der Waals surface area contributed by atoms with Crippen LogP contribution >= 0.6 is 20.2 Å². The van der Waals surface area contributed by atoms with Crippen LogP contribution in [-0.4, -0.2) is 21.5 Å². The van der Waals surface area contributed by atoms with Gasteiger partial charge in [-0.2, -0.15) is 0 Å². The molecule has 0 aliphatic carbocycles. The topological polar surface area (TPSA) is 42.3 Å². The Balaban J connectivity index is 4.12. The van der Waals surface area contributed by atoms with E-state index in [9.17, 15) is 0 Å². The highest BCUT2D eigenvalue weighted by atomic mass is 127. The average molecular weight is 305 g/mol. The molecule has 0 aromatic heterocycles. The summed E-state index contributed by atoms with van der Waals surface area (Å²) in [5, 5.41) is 0. The summed E-state index contributed by atoms with van der Waals surface area (Å²) < 4.78 is 18.5. The summed E-state index contributed by atoms with van der Waals surface area (Å²) in [7, 11) is -0.171. The van der Waals surface area contributed by atoms with E-state index in [1.54, 1.807) is 7.11 Å². The Kier molecular flexibility index (Phi) is 4.55. The summed E-state index contributed by atoms with van der Waals surface area (Å²) in [5.74, 6) is -1.62. The minimum Gasteiger partial charge on any atom is -0.427 e. The van der Waals surface area contributed by atoms with Crippen LogP contribution in [0.15, 0.2) is 0 Å².